The molecule has 0 bridgehead atoms. The Kier molecular flexibility index (Phi) is 4.70. The van der Waals surface area contributed by atoms with Crippen molar-refractivity contribution in [3.8, 4) is 5.75 Å². The summed E-state index contributed by atoms with van der Waals surface area (Å²) in [5, 5.41) is 7.92. The lowest BCUT2D eigenvalue weighted by Crippen LogP contribution is -2.25. The van der Waals surface area contributed by atoms with Crippen molar-refractivity contribution in [3.05, 3.63) is 28.8 Å². The Morgan fingerprint density at radius 1 is 1.47 bits per heavy atom. The van der Waals surface area contributed by atoms with Gasteiger partial charge in [0.2, 0.25) is 0 Å². The van der Waals surface area contributed by atoms with Crippen molar-refractivity contribution < 1.29 is 4.74 Å². The van der Waals surface area contributed by atoms with Gasteiger partial charge in [0.15, 0.2) is 0 Å². The van der Waals surface area contributed by atoms with Crippen molar-refractivity contribution in [2.24, 2.45) is 11.7 Å². The standard InChI is InChI=1S/C15H21ClN2O/c1-2-10-4-3-5-12(8-10)19-14-7-6-11(15(17)18)9-13(14)16/h6-7,9-10,12H,2-5,8H2,1H3,(H3,17,18). The summed E-state index contributed by atoms with van der Waals surface area (Å²) in [6, 6.07) is 5.29. The summed E-state index contributed by atoms with van der Waals surface area (Å²) >= 11 is 6.19. The SMILES string of the molecule is CCC1CCCC(Oc2ccc(C(=N)N)cc2Cl)C1. The van der Waals surface area contributed by atoms with Gasteiger partial charge in [-0.05, 0) is 43.4 Å². The molecule has 1 saturated carbocycles. The van der Waals surface area contributed by atoms with Gasteiger partial charge in [-0.15, -0.1) is 0 Å². The summed E-state index contributed by atoms with van der Waals surface area (Å²) < 4.78 is 6.01. The highest BCUT2D eigenvalue weighted by Gasteiger charge is 2.22. The summed E-state index contributed by atoms with van der Waals surface area (Å²) in [6.07, 6.45) is 6.23. The smallest absolute Gasteiger partial charge is 0.138 e. The van der Waals surface area contributed by atoms with E-state index in [1.54, 1.807) is 12.1 Å². The van der Waals surface area contributed by atoms with Gasteiger partial charge in [-0.25, -0.2) is 0 Å². The third-order valence-electron chi connectivity index (χ3n) is 3.85. The van der Waals surface area contributed by atoms with Gasteiger partial charge in [0.25, 0.3) is 0 Å². The first-order valence-corrected chi connectivity index (χ1v) is 7.28. The first-order valence-electron chi connectivity index (χ1n) is 6.90. The zero-order chi connectivity index (χ0) is 13.8. The molecule has 0 saturated heterocycles. The van der Waals surface area contributed by atoms with Crippen LogP contribution in [0.1, 0.15) is 44.6 Å². The lowest BCUT2D eigenvalue weighted by Gasteiger charge is -2.29. The van der Waals surface area contributed by atoms with Crippen molar-refractivity contribution >= 4 is 17.4 Å². The molecule has 2 atom stereocenters. The van der Waals surface area contributed by atoms with E-state index < -0.39 is 0 Å². The summed E-state index contributed by atoms with van der Waals surface area (Å²) in [6.45, 7) is 2.24. The topological polar surface area (TPSA) is 59.1 Å². The van der Waals surface area contributed by atoms with Crippen molar-refractivity contribution in [3.63, 3.8) is 0 Å². The summed E-state index contributed by atoms with van der Waals surface area (Å²) in [5.74, 6) is 1.50. The molecule has 1 fully saturated rings. The number of ether oxygens (including phenoxy) is 1. The minimum atomic E-state index is 0.0252. The monoisotopic (exact) mass is 280 g/mol. The summed E-state index contributed by atoms with van der Waals surface area (Å²) in [7, 11) is 0. The molecule has 0 aromatic heterocycles. The van der Waals surface area contributed by atoms with Crippen molar-refractivity contribution in [1.82, 2.24) is 0 Å². The summed E-state index contributed by atoms with van der Waals surface area (Å²) in [4.78, 5) is 0. The molecule has 3 nitrogen and oxygen atoms in total. The zero-order valence-corrected chi connectivity index (χ0v) is 12.0. The lowest BCUT2D eigenvalue weighted by atomic mass is 9.85. The Morgan fingerprint density at radius 3 is 2.89 bits per heavy atom. The van der Waals surface area contributed by atoms with E-state index in [4.69, 9.17) is 27.5 Å². The maximum Gasteiger partial charge on any atom is 0.138 e. The van der Waals surface area contributed by atoms with Crippen LogP contribution in [0.4, 0.5) is 0 Å². The molecule has 1 aromatic rings. The molecule has 0 amide bonds. The zero-order valence-electron chi connectivity index (χ0n) is 11.3. The van der Waals surface area contributed by atoms with Crippen LogP contribution in [0, 0.1) is 11.3 Å². The first kappa shape index (κ1) is 14.2. The minimum absolute atomic E-state index is 0.0252. The maximum atomic E-state index is 7.39. The Labute approximate surface area is 119 Å². The van der Waals surface area contributed by atoms with Crippen LogP contribution in [0.3, 0.4) is 0 Å². The van der Waals surface area contributed by atoms with E-state index in [9.17, 15) is 0 Å². The van der Waals surface area contributed by atoms with E-state index in [0.717, 1.165) is 18.8 Å². The van der Waals surface area contributed by atoms with Gasteiger partial charge in [-0.3, -0.25) is 5.41 Å². The molecule has 4 heteroatoms. The molecule has 0 spiro atoms. The van der Waals surface area contributed by atoms with Gasteiger partial charge >= 0.3 is 0 Å². The summed E-state index contributed by atoms with van der Waals surface area (Å²) in [5.41, 5.74) is 6.07. The van der Waals surface area contributed by atoms with Crippen LogP contribution < -0.4 is 10.5 Å². The van der Waals surface area contributed by atoms with E-state index in [2.05, 4.69) is 6.92 Å². The van der Waals surface area contributed by atoms with E-state index >= 15 is 0 Å². The predicted octanol–water partition coefficient (Wildman–Crippen LogP) is 3.97. The van der Waals surface area contributed by atoms with Crippen molar-refractivity contribution in [2.45, 2.75) is 45.1 Å². The van der Waals surface area contributed by atoms with Gasteiger partial charge in [0.1, 0.15) is 11.6 Å². The molecule has 19 heavy (non-hydrogen) atoms. The second kappa shape index (κ2) is 6.29. The Bertz CT molecular complexity index is 461. The number of rotatable bonds is 4. The minimum Gasteiger partial charge on any atom is -0.489 e. The molecule has 1 aliphatic carbocycles. The third-order valence-corrected chi connectivity index (χ3v) is 4.14. The highest BCUT2D eigenvalue weighted by molar-refractivity contribution is 6.32. The van der Waals surface area contributed by atoms with Gasteiger partial charge in [-0.1, -0.05) is 31.4 Å². The number of halogens is 1. The normalized spacial score (nSPS) is 23.1. The molecule has 0 radical (unpaired) electrons. The molecule has 2 rings (SSSR count). The molecule has 104 valence electrons. The number of hydrogen-bond donors (Lipinski definition) is 2. The third kappa shape index (κ3) is 3.63. The van der Waals surface area contributed by atoms with Gasteiger partial charge in [-0.2, -0.15) is 0 Å². The number of nitrogens with one attached hydrogen (secondary N) is 1. The van der Waals surface area contributed by atoms with Crippen LogP contribution in [0.2, 0.25) is 5.02 Å². The van der Waals surface area contributed by atoms with E-state index in [1.807, 2.05) is 6.07 Å². The largest absolute Gasteiger partial charge is 0.489 e. The van der Waals surface area contributed by atoms with E-state index in [-0.39, 0.29) is 11.9 Å². The molecule has 1 aliphatic rings. The quantitative estimate of drug-likeness (QED) is 0.647. The molecule has 1 aromatic carbocycles. The van der Waals surface area contributed by atoms with Crippen LogP contribution in [0.5, 0.6) is 5.75 Å². The molecular weight excluding hydrogens is 260 g/mol. The van der Waals surface area contributed by atoms with E-state index in [0.29, 0.717) is 16.3 Å². The fourth-order valence-electron chi connectivity index (χ4n) is 2.66. The predicted molar refractivity (Wildman–Crippen MR) is 79.1 cm³/mol. The lowest BCUT2D eigenvalue weighted by molar-refractivity contribution is 0.122. The molecule has 0 heterocycles. The van der Waals surface area contributed by atoms with Crippen LogP contribution in [0.15, 0.2) is 18.2 Å². The molecule has 3 N–H and O–H groups in total. The second-order valence-corrected chi connectivity index (χ2v) is 5.65. The number of amidine groups is 1. The Morgan fingerprint density at radius 2 is 2.26 bits per heavy atom. The average Bonchev–Trinajstić information content (AvgIpc) is 2.41. The maximum absolute atomic E-state index is 7.39. The van der Waals surface area contributed by atoms with Crippen LogP contribution in [-0.4, -0.2) is 11.9 Å². The number of nitrogen functional groups attached to an aromatic ring is 1. The number of benzene rings is 1. The first-order chi connectivity index (χ1) is 9.10. The fraction of sp³-hybridized carbons (Fsp3) is 0.533. The highest BCUT2D eigenvalue weighted by atomic mass is 35.5. The Balaban J connectivity index is 2.04. The van der Waals surface area contributed by atoms with Gasteiger partial charge < -0.3 is 10.5 Å². The average molecular weight is 281 g/mol. The van der Waals surface area contributed by atoms with Gasteiger partial charge in [0.05, 0.1) is 11.1 Å². The fourth-order valence-corrected chi connectivity index (χ4v) is 2.89. The second-order valence-electron chi connectivity index (χ2n) is 5.24. The van der Waals surface area contributed by atoms with Gasteiger partial charge in [0, 0.05) is 5.56 Å². The Hall–Kier alpha value is -1.22. The van der Waals surface area contributed by atoms with Crippen LogP contribution >= 0.6 is 11.6 Å². The molecule has 2 unspecified atom stereocenters. The number of nitrogens with two attached hydrogens (primary N) is 1. The van der Waals surface area contributed by atoms with Crippen molar-refractivity contribution in [1.29, 1.82) is 5.41 Å². The molecule has 0 aliphatic heterocycles. The van der Waals surface area contributed by atoms with Crippen LogP contribution in [0.25, 0.3) is 0 Å². The molecular formula is C15H21ClN2O. The van der Waals surface area contributed by atoms with E-state index in [1.165, 1.54) is 19.3 Å². The highest BCUT2D eigenvalue weighted by Crippen LogP contribution is 2.32. The number of hydrogen-bond acceptors (Lipinski definition) is 2. The van der Waals surface area contributed by atoms with Crippen molar-refractivity contribution in [2.75, 3.05) is 0 Å². The van der Waals surface area contributed by atoms with Crippen LogP contribution in [-0.2, 0) is 0 Å².